The number of ether oxygens (including phenoxy) is 2. The Labute approximate surface area is 141 Å². The zero-order chi connectivity index (χ0) is 15.9. The molecule has 0 saturated carbocycles. The van der Waals surface area contributed by atoms with E-state index in [4.69, 9.17) is 32.7 Å². The van der Waals surface area contributed by atoms with E-state index in [2.05, 4.69) is 4.90 Å². The highest BCUT2D eigenvalue weighted by Gasteiger charge is 2.26. The topological polar surface area (TPSA) is 38.8 Å². The first kappa shape index (κ1) is 17.4. The lowest BCUT2D eigenvalue weighted by Crippen LogP contribution is -2.41. The van der Waals surface area contributed by atoms with Crippen molar-refractivity contribution in [2.75, 3.05) is 32.8 Å². The second-order valence-corrected chi connectivity index (χ2v) is 6.16. The molecular formula is C16H21Cl2NO3. The molecule has 0 spiro atoms. The van der Waals surface area contributed by atoms with Crippen LogP contribution in [0.3, 0.4) is 0 Å². The smallest absolute Gasteiger partial charge is 0.310 e. The SMILES string of the molecule is CCOC(=O)C1CCCN(CCOc2cc(Cl)ccc2Cl)C1. The van der Waals surface area contributed by atoms with Gasteiger partial charge in [-0.3, -0.25) is 9.69 Å². The molecule has 2 rings (SSSR count). The second-order valence-electron chi connectivity index (χ2n) is 5.32. The normalized spacial score (nSPS) is 19.0. The largest absolute Gasteiger partial charge is 0.491 e. The van der Waals surface area contributed by atoms with E-state index in [0.717, 1.165) is 32.5 Å². The third-order valence-electron chi connectivity index (χ3n) is 3.68. The fourth-order valence-electron chi connectivity index (χ4n) is 2.58. The molecule has 0 N–H and O–H groups in total. The number of carbonyl (C=O) groups is 1. The predicted octanol–water partition coefficient (Wildman–Crippen LogP) is 3.65. The number of carbonyl (C=O) groups excluding carboxylic acids is 1. The van der Waals surface area contributed by atoms with Crippen LogP contribution in [0.15, 0.2) is 18.2 Å². The summed E-state index contributed by atoms with van der Waals surface area (Å²) in [5, 5.41) is 1.15. The minimum atomic E-state index is -0.0917. The van der Waals surface area contributed by atoms with Crippen LogP contribution in [0.4, 0.5) is 0 Å². The van der Waals surface area contributed by atoms with E-state index in [1.54, 1.807) is 18.2 Å². The molecular weight excluding hydrogens is 325 g/mol. The summed E-state index contributed by atoms with van der Waals surface area (Å²) in [6.45, 7) is 5.23. The maximum absolute atomic E-state index is 11.8. The van der Waals surface area contributed by atoms with Crippen molar-refractivity contribution in [3.8, 4) is 5.75 Å². The van der Waals surface area contributed by atoms with Gasteiger partial charge in [0.25, 0.3) is 0 Å². The molecule has 1 aromatic rings. The van der Waals surface area contributed by atoms with Crippen LogP contribution in [-0.2, 0) is 9.53 Å². The van der Waals surface area contributed by atoms with Crippen LogP contribution in [0.5, 0.6) is 5.75 Å². The average molecular weight is 346 g/mol. The van der Waals surface area contributed by atoms with E-state index in [1.807, 2.05) is 6.92 Å². The number of rotatable bonds is 6. The molecule has 1 saturated heterocycles. The van der Waals surface area contributed by atoms with Gasteiger partial charge in [-0.15, -0.1) is 0 Å². The summed E-state index contributed by atoms with van der Waals surface area (Å²) in [6.07, 6.45) is 1.90. The fourth-order valence-corrected chi connectivity index (χ4v) is 2.92. The second kappa shape index (κ2) is 8.61. The van der Waals surface area contributed by atoms with Crippen LogP contribution in [0.1, 0.15) is 19.8 Å². The molecule has 1 aliphatic heterocycles. The van der Waals surface area contributed by atoms with Crippen molar-refractivity contribution < 1.29 is 14.3 Å². The molecule has 1 aliphatic rings. The Morgan fingerprint density at radius 2 is 2.23 bits per heavy atom. The molecule has 1 fully saturated rings. The first-order valence-corrected chi connectivity index (χ1v) is 8.32. The quantitative estimate of drug-likeness (QED) is 0.737. The van der Waals surface area contributed by atoms with Gasteiger partial charge < -0.3 is 9.47 Å². The summed E-state index contributed by atoms with van der Waals surface area (Å²) in [5.41, 5.74) is 0. The summed E-state index contributed by atoms with van der Waals surface area (Å²) in [4.78, 5) is 14.0. The highest BCUT2D eigenvalue weighted by molar-refractivity contribution is 6.34. The van der Waals surface area contributed by atoms with Crippen molar-refractivity contribution in [3.63, 3.8) is 0 Å². The fraction of sp³-hybridized carbons (Fsp3) is 0.562. The third-order valence-corrected chi connectivity index (χ3v) is 4.23. The Balaban J connectivity index is 1.79. The number of piperidine rings is 1. The van der Waals surface area contributed by atoms with Gasteiger partial charge in [-0.1, -0.05) is 23.2 Å². The van der Waals surface area contributed by atoms with Gasteiger partial charge in [0.2, 0.25) is 0 Å². The number of hydrogen-bond donors (Lipinski definition) is 0. The maximum Gasteiger partial charge on any atom is 0.310 e. The number of likely N-dealkylation sites (tertiary alicyclic amines) is 1. The lowest BCUT2D eigenvalue weighted by molar-refractivity contribution is -0.150. The van der Waals surface area contributed by atoms with Crippen molar-refractivity contribution >= 4 is 29.2 Å². The molecule has 0 amide bonds. The van der Waals surface area contributed by atoms with Crippen LogP contribution in [0, 0.1) is 5.92 Å². The van der Waals surface area contributed by atoms with Crippen molar-refractivity contribution in [2.24, 2.45) is 5.92 Å². The van der Waals surface area contributed by atoms with Gasteiger partial charge in [0.15, 0.2) is 0 Å². The van der Waals surface area contributed by atoms with Gasteiger partial charge in [0.05, 0.1) is 17.5 Å². The van der Waals surface area contributed by atoms with E-state index < -0.39 is 0 Å². The lowest BCUT2D eigenvalue weighted by atomic mass is 9.98. The summed E-state index contributed by atoms with van der Waals surface area (Å²) in [6, 6.07) is 5.16. The molecule has 1 atom stereocenters. The zero-order valence-corrected chi connectivity index (χ0v) is 14.2. The van der Waals surface area contributed by atoms with Gasteiger partial charge in [-0.25, -0.2) is 0 Å². The average Bonchev–Trinajstić information content (AvgIpc) is 2.51. The lowest BCUT2D eigenvalue weighted by Gasteiger charge is -2.31. The van der Waals surface area contributed by atoms with E-state index in [1.165, 1.54) is 0 Å². The van der Waals surface area contributed by atoms with Gasteiger partial charge in [0, 0.05) is 24.2 Å². The molecule has 0 radical (unpaired) electrons. The van der Waals surface area contributed by atoms with Gasteiger partial charge >= 0.3 is 5.97 Å². The third kappa shape index (κ3) is 5.04. The highest BCUT2D eigenvalue weighted by atomic mass is 35.5. The Morgan fingerprint density at radius 3 is 3.00 bits per heavy atom. The Bertz CT molecular complexity index is 510. The van der Waals surface area contributed by atoms with Crippen LogP contribution in [-0.4, -0.2) is 43.7 Å². The Kier molecular flexibility index (Phi) is 6.80. The number of benzene rings is 1. The monoisotopic (exact) mass is 345 g/mol. The summed E-state index contributed by atoms with van der Waals surface area (Å²) in [7, 11) is 0. The van der Waals surface area contributed by atoms with E-state index in [-0.39, 0.29) is 11.9 Å². The summed E-state index contributed by atoms with van der Waals surface area (Å²) < 4.78 is 10.8. The Hall–Kier alpha value is -0.970. The molecule has 0 aliphatic carbocycles. The van der Waals surface area contributed by atoms with Crippen molar-refractivity contribution in [1.29, 1.82) is 0 Å². The molecule has 1 unspecified atom stereocenters. The summed E-state index contributed by atoms with van der Waals surface area (Å²) in [5.74, 6) is 0.475. The number of esters is 1. The van der Waals surface area contributed by atoms with Gasteiger partial charge in [0.1, 0.15) is 12.4 Å². The minimum Gasteiger partial charge on any atom is -0.491 e. The van der Waals surface area contributed by atoms with Crippen molar-refractivity contribution in [3.05, 3.63) is 28.2 Å². The van der Waals surface area contributed by atoms with E-state index in [9.17, 15) is 4.79 Å². The first-order chi connectivity index (χ1) is 10.6. The number of halogens is 2. The van der Waals surface area contributed by atoms with E-state index in [0.29, 0.717) is 29.0 Å². The summed E-state index contributed by atoms with van der Waals surface area (Å²) >= 11 is 12.0. The van der Waals surface area contributed by atoms with Crippen molar-refractivity contribution in [2.45, 2.75) is 19.8 Å². The van der Waals surface area contributed by atoms with Gasteiger partial charge in [-0.2, -0.15) is 0 Å². The van der Waals surface area contributed by atoms with Crippen LogP contribution >= 0.6 is 23.2 Å². The number of nitrogens with zero attached hydrogens (tertiary/aromatic N) is 1. The van der Waals surface area contributed by atoms with Crippen LogP contribution in [0.2, 0.25) is 10.0 Å². The van der Waals surface area contributed by atoms with Crippen LogP contribution < -0.4 is 4.74 Å². The van der Waals surface area contributed by atoms with Crippen molar-refractivity contribution in [1.82, 2.24) is 4.90 Å². The number of hydrogen-bond acceptors (Lipinski definition) is 4. The molecule has 122 valence electrons. The predicted molar refractivity (Wildman–Crippen MR) is 87.8 cm³/mol. The van der Waals surface area contributed by atoms with Gasteiger partial charge in [-0.05, 0) is 38.4 Å². The van der Waals surface area contributed by atoms with Crippen LogP contribution in [0.25, 0.3) is 0 Å². The molecule has 22 heavy (non-hydrogen) atoms. The molecule has 6 heteroatoms. The standard InChI is InChI=1S/C16H21Cl2NO3/c1-2-21-16(20)12-4-3-7-19(11-12)8-9-22-15-10-13(17)5-6-14(15)18/h5-6,10,12H,2-4,7-9,11H2,1H3. The zero-order valence-electron chi connectivity index (χ0n) is 12.7. The first-order valence-electron chi connectivity index (χ1n) is 7.57. The Morgan fingerprint density at radius 1 is 1.41 bits per heavy atom. The molecule has 1 aromatic carbocycles. The molecule has 4 nitrogen and oxygen atoms in total. The highest BCUT2D eigenvalue weighted by Crippen LogP contribution is 2.27. The van der Waals surface area contributed by atoms with E-state index >= 15 is 0 Å². The molecule has 0 bridgehead atoms. The molecule has 1 heterocycles. The molecule has 0 aromatic heterocycles. The maximum atomic E-state index is 11.8. The minimum absolute atomic E-state index is 0.0246.